The van der Waals surface area contributed by atoms with Crippen molar-refractivity contribution in [1.82, 2.24) is 30.1 Å². The molecule has 0 saturated carbocycles. The Morgan fingerprint density at radius 2 is 1.87 bits per heavy atom. The van der Waals surface area contributed by atoms with E-state index >= 15 is 0 Å². The third kappa shape index (κ3) is 4.85. The zero-order valence-corrected chi connectivity index (χ0v) is 22.6. The molecule has 1 aliphatic rings. The van der Waals surface area contributed by atoms with Crippen LogP contribution >= 0.6 is 0 Å². The van der Waals surface area contributed by atoms with E-state index in [1.54, 1.807) is 10.9 Å². The second-order valence-electron chi connectivity index (χ2n) is 10.2. The lowest BCUT2D eigenvalue weighted by atomic mass is 10.0. The SMILES string of the molecule is CCc1ccc2[nH]c(=O)c([C@H](c3nnnn3Cc3ccco3)N3CCN(c4cccc(C)c4C)CC3)cc2c1. The van der Waals surface area contributed by atoms with Crippen molar-refractivity contribution < 1.29 is 4.42 Å². The summed E-state index contributed by atoms with van der Waals surface area (Å²) in [7, 11) is 0. The van der Waals surface area contributed by atoms with Crippen molar-refractivity contribution in [1.29, 1.82) is 0 Å². The summed E-state index contributed by atoms with van der Waals surface area (Å²) >= 11 is 0. The highest BCUT2D eigenvalue weighted by atomic mass is 16.3. The number of hydrogen-bond acceptors (Lipinski definition) is 7. The standard InChI is InChI=1S/C30H33N7O2/c1-4-22-10-11-26-23(17-22)18-25(30(38)31-26)28(29-32-33-34-37(29)19-24-8-6-16-39-24)36-14-12-35(13-15-36)27-9-5-7-20(2)21(27)3/h5-11,16-18,28H,4,12-15,19H2,1-3H3,(H,31,38)/t28-/m1/s1. The van der Waals surface area contributed by atoms with Crippen molar-refractivity contribution in [2.24, 2.45) is 0 Å². The van der Waals surface area contributed by atoms with Gasteiger partial charge in [0.05, 0.1) is 6.26 Å². The van der Waals surface area contributed by atoms with Gasteiger partial charge < -0.3 is 14.3 Å². The molecule has 0 aliphatic carbocycles. The summed E-state index contributed by atoms with van der Waals surface area (Å²) < 4.78 is 7.32. The first kappa shape index (κ1) is 25.1. The average Bonchev–Trinajstić information content (AvgIpc) is 3.64. The maximum Gasteiger partial charge on any atom is 0.253 e. The van der Waals surface area contributed by atoms with Crippen molar-refractivity contribution in [3.8, 4) is 0 Å². The van der Waals surface area contributed by atoms with E-state index in [9.17, 15) is 4.79 Å². The van der Waals surface area contributed by atoms with Crippen LogP contribution in [0.4, 0.5) is 5.69 Å². The molecule has 1 atom stereocenters. The van der Waals surface area contributed by atoms with Gasteiger partial charge in [0.2, 0.25) is 0 Å². The Labute approximate surface area is 227 Å². The van der Waals surface area contributed by atoms with E-state index in [4.69, 9.17) is 4.42 Å². The molecule has 9 nitrogen and oxygen atoms in total. The van der Waals surface area contributed by atoms with Gasteiger partial charge in [0.1, 0.15) is 18.3 Å². The largest absolute Gasteiger partial charge is 0.467 e. The number of nitrogens with one attached hydrogen (secondary N) is 1. The Morgan fingerprint density at radius 1 is 1.03 bits per heavy atom. The van der Waals surface area contributed by atoms with E-state index in [-0.39, 0.29) is 5.56 Å². The zero-order chi connectivity index (χ0) is 26.9. The van der Waals surface area contributed by atoms with Crippen LogP contribution in [0.2, 0.25) is 0 Å². The molecule has 1 fully saturated rings. The van der Waals surface area contributed by atoms with E-state index in [1.165, 1.54) is 22.4 Å². The monoisotopic (exact) mass is 523 g/mol. The molecule has 200 valence electrons. The van der Waals surface area contributed by atoms with E-state index in [1.807, 2.05) is 24.3 Å². The van der Waals surface area contributed by atoms with E-state index in [0.717, 1.165) is 49.3 Å². The lowest BCUT2D eigenvalue weighted by molar-refractivity contribution is 0.200. The van der Waals surface area contributed by atoms with Gasteiger partial charge in [-0.15, -0.1) is 5.10 Å². The van der Waals surface area contributed by atoms with Gasteiger partial charge in [0, 0.05) is 42.9 Å². The van der Waals surface area contributed by atoms with Crippen LogP contribution in [0.25, 0.3) is 10.9 Å². The molecule has 0 bridgehead atoms. The lowest BCUT2D eigenvalue weighted by Gasteiger charge is -2.40. The van der Waals surface area contributed by atoms with Crippen LogP contribution in [0.15, 0.2) is 70.1 Å². The number of fused-ring (bicyclic) bond motifs is 1. The molecule has 5 aromatic rings. The number of furan rings is 1. The number of hydrogen-bond donors (Lipinski definition) is 1. The third-order valence-electron chi connectivity index (χ3n) is 7.93. The number of pyridine rings is 1. The van der Waals surface area contributed by atoms with Crippen molar-refractivity contribution in [3.63, 3.8) is 0 Å². The molecule has 9 heteroatoms. The number of tetrazole rings is 1. The molecular weight excluding hydrogens is 490 g/mol. The maximum absolute atomic E-state index is 13.6. The molecule has 0 radical (unpaired) electrons. The Hall–Kier alpha value is -4.24. The number of aromatic nitrogens is 5. The molecule has 4 heterocycles. The number of anilines is 1. The van der Waals surface area contributed by atoms with Crippen LogP contribution < -0.4 is 10.5 Å². The Bertz CT molecular complexity index is 1650. The molecule has 3 aromatic heterocycles. The number of benzene rings is 2. The Morgan fingerprint density at radius 3 is 2.64 bits per heavy atom. The predicted octanol–water partition coefficient (Wildman–Crippen LogP) is 4.25. The minimum atomic E-state index is -0.408. The molecule has 2 aromatic carbocycles. The summed E-state index contributed by atoms with van der Waals surface area (Å²) in [4.78, 5) is 21.4. The molecule has 1 N–H and O–H groups in total. The van der Waals surface area contributed by atoms with Crippen LogP contribution in [-0.2, 0) is 13.0 Å². The number of nitrogens with zero attached hydrogens (tertiary/aromatic N) is 6. The summed E-state index contributed by atoms with van der Waals surface area (Å²) in [6.07, 6.45) is 2.57. The molecule has 0 unspecified atom stereocenters. The van der Waals surface area contributed by atoms with E-state index < -0.39 is 6.04 Å². The smallest absolute Gasteiger partial charge is 0.253 e. The van der Waals surface area contributed by atoms with Crippen molar-refractivity contribution in [2.45, 2.75) is 39.8 Å². The molecular formula is C30H33N7O2. The number of aryl methyl sites for hydroxylation is 2. The minimum absolute atomic E-state index is 0.124. The van der Waals surface area contributed by atoms with Gasteiger partial charge in [-0.2, -0.15) is 0 Å². The fourth-order valence-corrected chi connectivity index (χ4v) is 5.56. The van der Waals surface area contributed by atoms with Gasteiger partial charge in [-0.25, -0.2) is 4.68 Å². The quantitative estimate of drug-likeness (QED) is 0.341. The van der Waals surface area contributed by atoms with Crippen LogP contribution in [0, 0.1) is 13.8 Å². The number of aromatic amines is 1. The first-order chi connectivity index (χ1) is 19.0. The first-order valence-electron chi connectivity index (χ1n) is 13.5. The van der Waals surface area contributed by atoms with Gasteiger partial charge in [-0.3, -0.25) is 9.69 Å². The molecule has 1 saturated heterocycles. The number of H-pyrrole nitrogens is 1. The zero-order valence-electron chi connectivity index (χ0n) is 22.6. The summed E-state index contributed by atoms with van der Waals surface area (Å²) in [6.45, 7) is 10.1. The van der Waals surface area contributed by atoms with E-state index in [0.29, 0.717) is 17.9 Å². The fraction of sp³-hybridized carbons (Fsp3) is 0.333. The Balaban J connectivity index is 1.39. The summed E-state index contributed by atoms with van der Waals surface area (Å²) in [5.41, 5.74) is 6.44. The maximum atomic E-state index is 13.6. The highest BCUT2D eigenvalue weighted by Gasteiger charge is 2.33. The van der Waals surface area contributed by atoms with Gasteiger partial charge >= 0.3 is 0 Å². The van der Waals surface area contributed by atoms with Gasteiger partial charge in [0.15, 0.2) is 5.82 Å². The second-order valence-corrected chi connectivity index (χ2v) is 10.2. The molecule has 0 amide bonds. The molecule has 39 heavy (non-hydrogen) atoms. The average molecular weight is 524 g/mol. The number of rotatable bonds is 7. The predicted molar refractivity (Wildman–Crippen MR) is 151 cm³/mol. The van der Waals surface area contributed by atoms with Crippen LogP contribution in [-0.4, -0.2) is 56.3 Å². The normalized spacial score (nSPS) is 15.2. The number of piperazine rings is 1. The molecule has 1 aliphatic heterocycles. The summed E-state index contributed by atoms with van der Waals surface area (Å²) in [6, 6.07) is 18.0. The highest BCUT2D eigenvalue weighted by Crippen LogP contribution is 2.30. The van der Waals surface area contributed by atoms with Gasteiger partial charge in [-0.05, 0) is 89.2 Å². The third-order valence-corrected chi connectivity index (χ3v) is 7.93. The Kier molecular flexibility index (Phi) is 6.74. The van der Waals surface area contributed by atoms with Gasteiger partial charge in [-0.1, -0.05) is 25.1 Å². The van der Waals surface area contributed by atoms with Crippen LogP contribution in [0.3, 0.4) is 0 Å². The van der Waals surface area contributed by atoms with Crippen LogP contribution in [0.1, 0.15) is 46.8 Å². The minimum Gasteiger partial charge on any atom is -0.467 e. The lowest BCUT2D eigenvalue weighted by Crippen LogP contribution is -2.49. The summed E-state index contributed by atoms with van der Waals surface area (Å²) in [5, 5.41) is 13.8. The highest BCUT2D eigenvalue weighted by molar-refractivity contribution is 5.80. The topological polar surface area (TPSA) is 96.1 Å². The second kappa shape index (κ2) is 10.5. The van der Waals surface area contributed by atoms with E-state index in [2.05, 4.69) is 81.4 Å². The molecule has 0 spiro atoms. The van der Waals surface area contributed by atoms with Gasteiger partial charge in [0.25, 0.3) is 5.56 Å². The van der Waals surface area contributed by atoms with Crippen LogP contribution in [0.5, 0.6) is 0 Å². The first-order valence-corrected chi connectivity index (χ1v) is 13.5. The van der Waals surface area contributed by atoms with Crippen molar-refractivity contribution >= 4 is 16.6 Å². The summed E-state index contributed by atoms with van der Waals surface area (Å²) in [5.74, 6) is 1.38. The fourth-order valence-electron chi connectivity index (χ4n) is 5.56. The molecule has 6 rings (SSSR count). The van der Waals surface area contributed by atoms with Crippen molar-refractivity contribution in [3.05, 3.63) is 105 Å². The van der Waals surface area contributed by atoms with Crippen molar-refractivity contribution in [2.75, 3.05) is 31.1 Å².